The Kier molecular flexibility index (Phi) is 9.13. The van der Waals surface area contributed by atoms with Gasteiger partial charge in [0.15, 0.2) is 0 Å². The second-order valence-electron chi connectivity index (χ2n) is 8.53. The molecule has 1 amide bonds. The van der Waals surface area contributed by atoms with Gasteiger partial charge in [0, 0.05) is 18.5 Å². The molecule has 6 nitrogen and oxygen atoms in total. The Labute approximate surface area is 184 Å². The predicted octanol–water partition coefficient (Wildman–Crippen LogP) is 4.77. The van der Waals surface area contributed by atoms with Crippen LogP contribution in [0, 0.1) is 0 Å². The fourth-order valence-corrected chi connectivity index (χ4v) is 4.21. The average molecular weight is 426 g/mol. The van der Waals surface area contributed by atoms with Crippen LogP contribution in [0.1, 0.15) is 92.5 Å². The Morgan fingerprint density at radius 1 is 1.00 bits per heavy atom. The van der Waals surface area contributed by atoms with Crippen LogP contribution >= 0.6 is 0 Å². The Bertz CT molecular complexity index is 864. The molecule has 0 saturated heterocycles. The number of benzene rings is 1. The van der Waals surface area contributed by atoms with Crippen molar-refractivity contribution >= 4 is 5.91 Å². The Morgan fingerprint density at radius 2 is 1.58 bits per heavy atom. The zero-order chi connectivity index (χ0) is 21.9. The molecule has 1 aliphatic rings. The molecule has 2 aromatic rings. The number of carbonyl (C=O) groups excluding carboxylic acids is 1. The van der Waals surface area contributed by atoms with Gasteiger partial charge in [0.25, 0.3) is 11.5 Å². The van der Waals surface area contributed by atoms with E-state index in [1.165, 1.54) is 51.0 Å². The Balaban J connectivity index is 1.64. The molecule has 168 valence electrons. The topological polar surface area (TPSA) is 84.1 Å². The molecular formula is C25H35N3O3. The molecule has 1 aliphatic carbocycles. The quantitative estimate of drug-likeness (QED) is 0.722. The summed E-state index contributed by atoms with van der Waals surface area (Å²) in [4.78, 5) is 32.2. The molecule has 31 heavy (non-hydrogen) atoms. The van der Waals surface area contributed by atoms with Crippen molar-refractivity contribution in [3.63, 3.8) is 0 Å². The van der Waals surface area contributed by atoms with Gasteiger partial charge in [0.05, 0.1) is 7.11 Å². The van der Waals surface area contributed by atoms with Gasteiger partial charge in [-0.05, 0) is 30.5 Å². The third kappa shape index (κ3) is 7.85. The van der Waals surface area contributed by atoms with E-state index in [2.05, 4.69) is 15.3 Å². The minimum atomic E-state index is -0.303. The molecule has 1 saturated carbocycles. The number of nitrogens with one attached hydrogen (secondary N) is 2. The lowest BCUT2D eigenvalue weighted by Gasteiger charge is -2.19. The second-order valence-corrected chi connectivity index (χ2v) is 8.53. The molecule has 1 fully saturated rings. The normalized spacial score (nSPS) is 16.7. The molecule has 0 atom stereocenters. The molecule has 6 heteroatoms. The third-order valence-electron chi connectivity index (χ3n) is 5.99. The van der Waals surface area contributed by atoms with E-state index < -0.39 is 0 Å². The summed E-state index contributed by atoms with van der Waals surface area (Å²) in [5.41, 5.74) is 0.876. The van der Waals surface area contributed by atoms with Gasteiger partial charge in [0.1, 0.15) is 17.3 Å². The van der Waals surface area contributed by atoms with E-state index in [0.717, 1.165) is 37.0 Å². The van der Waals surface area contributed by atoms with Crippen molar-refractivity contribution in [3.8, 4) is 5.75 Å². The molecule has 1 aromatic heterocycles. The third-order valence-corrected chi connectivity index (χ3v) is 5.99. The first-order valence-corrected chi connectivity index (χ1v) is 11.7. The Morgan fingerprint density at radius 3 is 2.16 bits per heavy atom. The fourth-order valence-electron chi connectivity index (χ4n) is 4.21. The van der Waals surface area contributed by atoms with Crippen molar-refractivity contribution in [3.05, 3.63) is 57.8 Å². The molecule has 0 radical (unpaired) electrons. The van der Waals surface area contributed by atoms with Crippen LogP contribution < -0.4 is 15.6 Å². The van der Waals surface area contributed by atoms with Gasteiger partial charge in [-0.3, -0.25) is 9.59 Å². The van der Waals surface area contributed by atoms with Gasteiger partial charge in [-0.25, -0.2) is 4.98 Å². The maximum Gasteiger partial charge on any atom is 0.270 e. The lowest BCUT2D eigenvalue weighted by atomic mass is 9.98. The van der Waals surface area contributed by atoms with Crippen molar-refractivity contribution in [1.29, 1.82) is 0 Å². The van der Waals surface area contributed by atoms with Crippen LogP contribution in [-0.2, 0) is 6.42 Å². The number of rotatable bonds is 5. The zero-order valence-electron chi connectivity index (χ0n) is 18.6. The summed E-state index contributed by atoms with van der Waals surface area (Å²) in [6.45, 7) is 0. The zero-order valence-corrected chi connectivity index (χ0v) is 18.6. The largest absolute Gasteiger partial charge is 0.497 e. The van der Waals surface area contributed by atoms with Crippen LogP contribution in [0.3, 0.4) is 0 Å². The summed E-state index contributed by atoms with van der Waals surface area (Å²) in [5.74, 6) is 1.01. The molecule has 1 heterocycles. The summed E-state index contributed by atoms with van der Waals surface area (Å²) in [6, 6.07) is 9.04. The van der Waals surface area contributed by atoms with Crippen molar-refractivity contribution in [2.75, 3.05) is 7.11 Å². The highest BCUT2D eigenvalue weighted by atomic mass is 16.5. The summed E-state index contributed by atoms with van der Waals surface area (Å²) in [6.07, 6.45) is 13.7. The van der Waals surface area contributed by atoms with E-state index in [-0.39, 0.29) is 23.2 Å². The van der Waals surface area contributed by atoms with E-state index in [1.807, 2.05) is 24.3 Å². The number of nitrogens with zero attached hydrogens (tertiary/aromatic N) is 1. The molecule has 3 rings (SSSR count). The molecule has 2 N–H and O–H groups in total. The molecular weight excluding hydrogens is 390 g/mol. The van der Waals surface area contributed by atoms with Crippen LogP contribution in [0.5, 0.6) is 5.75 Å². The van der Waals surface area contributed by atoms with Gasteiger partial charge in [-0.2, -0.15) is 0 Å². The Hall–Kier alpha value is -2.63. The molecule has 0 bridgehead atoms. The number of amides is 1. The highest BCUT2D eigenvalue weighted by Crippen LogP contribution is 2.17. The van der Waals surface area contributed by atoms with Crippen LogP contribution in [0.4, 0.5) is 0 Å². The van der Waals surface area contributed by atoms with Crippen LogP contribution in [0.2, 0.25) is 0 Å². The number of carbonyl (C=O) groups is 1. The standard InChI is InChI=1S/C25H35N3O3/c1-31-21-15-13-19(14-16-21)17-23-27-22(18-24(29)28-23)25(30)26-20-11-9-7-5-3-2-4-6-8-10-12-20/h13-16,18,20H,2-12,17H2,1H3,(H,26,30)(H,27,28,29). The van der Waals surface area contributed by atoms with Crippen LogP contribution in [0.15, 0.2) is 35.1 Å². The second kappa shape index (κ2) is 12.3. The van der Waals surface area contributed by atoms with Crippen LogP contribution in [0.25, 0.3) is 0 Å². The number of H-pyrrole nitrogens is 1. The van der Waals surface area contributed by atoms with Gasteiger partial charge >= 0.3 is 0 Å². The first kappa shape index (κ1) is 23.0. The number of ether oxygens (including phenoxy) is 1. The van der Waals surface area contributed by atoms with Crippen LogP contribution in [-0.4, -0.2) is 29.0 Å². The average Bonchev–Trinajstić information content (AvgIpc) is 2.75. The summed E-state index contributed by atoms with van der Waals surface area (Å²) in [5, 5.41) is 3.15. The monoisotopic (exact) mass is 425 g/mol. The first-order valence-electron chi connectivity index (χ1n) is 11.7. The lowest BCUT2D eigenvalue weighted by Crippen LogP contribution is -2.36. The minimum Gasteiger partial charge on any atom is -0.497 e. The van der Waals surface area contributed by atoms with Crippen molar-refractivity contribution in [1.82, 2.24) is 15.3 Å². The maximum atomic E-state index is 12.9. The van der Waals surface area contributed by atoms with Gasteiger partial charge in [-0.1, -0.05) is 69.9 Å². The van der Waals surface area contributed by atoms with Crippen molar-refractivity contribution in [2.24, 2.45) is 0 Å². The highest BCUT2D eigenvalue weighted by Gasteiger charge is 2.16. The summed E-state index contributed by atoms with van der Waals surface area (Å²) in [7, 11) is 1.62. The van der Waals surface area contributed by atoms with E-state index in [0.29, 0.717) is 12.2 Å². The van der Waals surface area contributed by atoms with E-state index in [4.69, 9.17) is 4.74 Å². The van der Waals surface area contributed by atoms with Gasteiger partial charge in [-0.15, -0.1) is 0 Å². The molecule has 0 spiro atoms. The number of aromatic nitrogens is 2. The lowest BCUT2D eigenvalue weighted by molar-refractivity contribution is 0.0925. The molecule has 0 aliphatic heterocycles. The van der Waals surface area contributed by atoms with Gasteiger partial charge < -0.3 is 15.0 Å². The van der Waals surface area contributed by atoms with Crippen molar-refractivity contribution < 1.29 is 9.53 Å². The molecule has 0 unspecified atom stereocenters. The fraction of sp³-hybridized carbons (Fsp3) is 0.560. The SMILES string of the molecule is COc1ccc(Cc2nc(C(=O)NC3CCCCCCCCCCC3)cc(=O)[nH]2)cc1. The van der Waals surface area contributed by atoms with E-state index >= 15 is 0 Å². The summed E-state index contributed by atoms with van der Waals surface area (Å²) >= 11 is 0. The minimum absolute atomic E-state index is 0.151. The van der Waals surface area contributed by atoms with E-state index in [1.54, 1.807) is 7.11 Å². The number of hydrogen-bond acceptors (Lipinski definition) is 4. The van der Waals surface area contributed by atoms with Crippen molar-refractivity contribution in [2.45, 2.75) is 83.1 Å². The smallest absolute Gasteiger partial charge is 0.270 e. The predicted molar refractivity (Wildman–Crippen MR) is 123 cm³/mol. The summed E-state index contributed by atoms with van der Waals surface area (Å²) < 4.78 is 5.18. The number of methoxy groups -OCH3 is 1. The molecule has 1 aromatic carbocycles. The highest BCUT2D eigenvalue weighted by molar-refractivity contribution is 5.92. The number of hydrogen-bond donors (Lipinski definition) is 2. The van der Waals surface area contributed by atoms with E-state index in [9.17, 15) is 9.59 Å². The van der Waals surface area contributed by atoms with Gasteiger partial charge in [0.2, 0.25) is 0 Å². The number of aromatic amines is 1. The first-order chi connectivity index (χ1) is 15.1. The maximum absolute atomic E-state index is 12.9.